The van der Waals surface area contributed by atoms with Gasteiger partial charge in [-0.3, -0.25) is 0 Å². The van der Waals surface area contributed by atoms with Crippen LogP contribution in [0.15, 0.2) is 24.3 Å². The van der Waals surface area contributed by atoms with Gasteiger partial charge in [0.2, 0.25) is 0 Å². The van der Waals surface area contributed by atoms with Gasteiger partial charge < -0.3 is 0 Å². The van der Waals surface area contributed by atoms with Gasteiger partial charge >= 0.3 is 0 Å². The van der Waals surface area contributed by atoms with Crippen molar-refractivity contribution in [3.8, 4) is 0 Å². The fraction of sp³-hybridized carbons (Fsp3) is 0.667. The molecule has 1 aromatic carbocycles. The third kappa shape index (κ3) is 3.60. The summed E-state index contributed by atoms with van der Waals surface area (Å²) in [6.45, 7) is 4.68. The third-order valence-electron chi connectivity index (χ3n) is 4.70. The minimum atomic E-state index is 0.739. The van der Waals surface area contributed by atoms with Crippen molar-refractivity contribution in [1.29, 1.82) is 0 Å². The fourth-order valence-corrected chi connectivity index (χ4v) is 3.45. The van der Waals surface area contributed by atoms with Crippen LogP contribution in [-0.4, -0.2) is 0 Å². The highest BCUT2D eigenvalue weighted by atomic mass is 14.2. The number of rotatable bonds is 5. The molecule has 0 aromatic heterocycles. The predicted molar refractivity (Wildman–Crippen MR) is 80.0 cm³/mol. The van der Waals surface area contributed by atoms with E-state index in [1.54, 1.807) is 11.1 Å². The topological polar surface area (TPSA) is 0 Å². The zero-order valence-corrected chi connectivity index (χ0v) is 12.1. The summed E-state index contributed by atoms with van der Waals surface area (Å²) in [6.07, 6.45) is 11.4. The van der Waals surface area contributed by atoms with E-state index in [2.05, 4.69) is 38.1 Å². The van der Waals surface area contributed by atoms with Crippen LogP contribution in [0.1, 0.15) is 75.8 Å². The lowest BCUT2D eigenvalue weighted by molar-refractivity contribution is 0.325. The van der Waals surface area contributed by atoms with E-state index in [0.717, 1.165) is 11.8 Å². The molecule has 1 atom stereocenters. The second-order valence-corrected chi connectivity index (χ2v) is 6.03. The van der Waals surface area contributed by atoms with Crippen molar-refractivity contribution in [3.05, 3.63) is 35.4 Å². The number of hydrogen-bond acceptors (Lipinski definition) is 0. The van der Waals surface area contributed by atoms with E-state index in [-0.39, 0.29) is 0 Å². The smallest absolute Gasteiger partial charge is 0.0188 e. The summed E-state index contributed by atoms with van der Waals surface area (Å²) < 4.78 is 0. The summed E-state index contributed by atoms with van der Waals surface area (Å²) in [4.78, 5) is 0. The van der Waals surface area contributed by atoms with E-state index in [4.69, 9.17) is 0 Å². The molecule has 0 bridgehead atoms. The molecule has 1 aliphatic rings. The fourth-order valence-electron chi connectivity index (χ4n) is 3.45. The molecule has 1 unspecified atom stereocenters. The van der Waals surface area contributed by atoms with Crippen LogP contribution in [0.4, 0.5) is 0 Å². The van der Waals surface area contributed by atoms with Crippen LogP contribution in [0, 0.1) is 5.92 Å². The summed E-state index contributed by atoms with van der Waals surface area (Å²) in [5.74, 6) is 1.76. The Morgan fingerprint density at radius 3 is 2.56 bits per heavy atom. The lowest BCUT2D eigenvalue weighted by Gasteiger charge is -2.23. The Balaban J connectivity index is 1.88. The van der Waals surface area contributed by atoms with Crippen molar-refractivity contribution in [1.82, 2.24) is 0 Å². The Bertz CT molecular complexity index is 347. The molecule has 0 aliphatic heterocycles. The number of aryl methyl sites for hydroxylation is 1. The molecule has 0 radical (unpaired) electrons. The van der Waals surface area contributed by atoms with Crippen LogP contribution in [0.5, 0.6) is 0 Å². The Kier molecular flexibility index (Phi) is 5.28. The van der Waals surface area contributed by atoms with Crippen molar-refractivity contribution in [3.63, 3.8) is 0 Å². The van der Waals surface area contributed by atoms with Gasteiger partial charge in [-0.2, -0.15) is 0 Å². The van der Waals surface area contributed by atoms with Crippen LogP contribution in [0.2, 0.25) is 0 Å². The Hall–Kier alpha value is -0.780. The van der Waals surface area contributed by atoms with Crippen LogP contribution < -0.4 is 0 Å². The molecule has 18 heavy (non-hydrogen) atoms. The first-order valence-electron chi connectivity index (χ1n) is 7.89. The average molecular weight is 244 g/mol. The Morgan fingerprint density at radius 1 is 1.11 bits per heavy atom. The molecular formula is C18H28. The largest absolute Gasteiger partial charge is 0.0620 e. The van der Waals surface area contributed by atoms with Crippen LogP contribution in [0.25, 0.3) is 0 Å². The maximum atomic E-state index is 2.41. The molecule has 0 nitrogen and oxygen atoms in total. The van der Waals surface area contributed by atoms with Crippen LogP contribution in [-0.2, 0) is 6.42 Å². The minimum Gasteiger partial charge on any atom is -0.0620 e. The van der Waals surface area contributed by atoms with Crippen molar-refractivity contribution in [2.75, 3.05) is 0 Å². The summed E-state index contributed by atoms with van der Waals surface area (Å²) >= 11 is 0. The molecule has 0 heterocycles. The third-order valence-corrected chi connectivity index (χ3v) is 4.70. The minimum absolute atomic E-state index is 0.739. The first kappa shape index (κ1) is 13.6. The monoisotopic (exact) mass is 244 g/mol. The summed E-state index contributed by atoms with van der Waals surface area (Å²) in [5, 5.41) is 0. The summed E-state index contributed by atoms with van der Waals surface area (Å²) in [5.41, 5.74) is 3.14. The van der Waals surface area contributed by atoms with Gasteiger partial charge in [-0.1, -0.05) is 70.2 Å². The maximum Gasteiger partial charge on any atom is -0.0188 e. The lowest BCUT2D eigenvalue weighted by atomic mass is 9.82. The quantitative estimate of drug-likeness (QED) is 0.622. The van der Waals surface area contributed by atoms with Gasteiger partial charge in [-0.05, 0) is 42.2 Å². The van der Waals surface area contributed by atoms with Gasteiger partial charge in [0.05, 0.1) is 0 Å². The molecule has 1 saturated carbocycles. The zero-order chi connectivity index (χ0) is 12.8. The van der Waals surface area contributed by atoms with E-state index >= 15 is 0 Å². The van der Waals surface area contributed by atoms with Crippen molar-refractivity contribution in [2.24, 2.45) is 5.92 Å². The van der Waals surface area contributed by atoms with Crippen molar-refractivity contribution >= 4 is 0 Å². The molecule has 100 valence electrons. The molecule has 1 aliphatic carbocycles. The normalized spacial score (nSPS) is 18.8. The molecule has 2 rings (SSSR count). The average Bonchev–Trinajstić information content (AvgIpc) is 2.45. The molecular weight excluding hydrogens is 216 g/mol. The van der Waals surface area contributed by atoms with E-state index in [1.807, 2.05) is 0 Å². The van der Waals surface area contributed by atoms with Gasteiger partial charge in [0, 0.05) is 0 Å². The lowest BCUT2D eigenvalue weighted by Crippen LogP contribution is -2.08. The van der Waals surface area contributed by atoms with Gasteiger partial charge in [0.25, 0.3) is 0 Å². The summed E-state index contributed by atoms with van der Waals surface area (Å²) in [6, 6.07) is 9.01. The van der Waals surface area contributed by atoms with E-state index in [1.165, 1.54) is 51.4 Å². The van der Waals surface area contributed by atoms with Crippen molar-refractivity contribution < 1.29 is 0 Å². The molecule has 0 amide bonds. The van der Waals surface area contributed by atoms with Gasteiger partial charge in [0.15, 0.2) is 0 Å². The summed E-state index contributed by atoms with van der Waals surface area (Å²) in [7, 11) is 0. The van der Waals surface area contributed by atoms with Gasteiger partial charge in [-0.15, -0.1) is 0 Å². The van der Waals surface area contributed by atoms with Gasteiger partial charge in [-0.25, -0.2) is 0 Å². The number of hydrogen-bond donors (Lipinski definition) is 0. The first-order chi connectivity index (χ1) is 8.81. The van der Waals surface area contributed by atoms with Crippen LogP contribution >= 0.6 is 0 Å². The second-order valence-electron chi connectivity index (χ2n) is 6.03. The maximum absolute atomic E-state index is 2.41. The standard InChI is InChI=1S/C18H28/c1-3-17-11-7-8-12-18(17)15(2)13-14-16-9-5-4-6-10-16/h7-8,11-12,15-16H,3-6,9-10,13-14H2,1-2H3. The molecule has 0 spiro atoms. The predicted octanol–water partition coefficient (Wildman–Crippen LogP) is 5.71. The van der Waals surface area contributed by atoms with Crippen LogP contribution in [0.3, 0.4) is 0 Å². The van der Waals surface area contributed by atoms with E-state index in [9.17, 15) is 0 Å². The molecule has 1 fully saturated rings. The molecule has 0 N–H and O–H groups in total. The highest BCUT2D eigenvalue weighted by Gasteiger charge is 2.16. The molecule has 0 heteroatoms. The van der Waals surface area contributed by atoms with Crippen molar-refractivity contribution in [2.45, 2.75) is 71.1 Å². The number of benzene rings is 1. The molecule has 0 saturated heterocycles. The van der Waals surface area contributed by atoms with Gasteiger partial charge in [0.1, 0.15) is 0 Å². The Labute approximate surface area is 113 Å². The zero-order valence-electron chi connectivity index (χ0n) is 12.1. The van der Waals surface area contributed by atoms with E-state index < -0.39 is 0 Å². The molecule has 1 aromatic rings. The SMILES string of the molecule is CCc1ccccc1C(C)CCC1CCCCC1. The first-order valence-corrected chi connectivity index (χ1v) is 7.89. The highest BCUT2D eigenvalue weighted by molar-refractivity contribution is 5.29. The Morgan fingerprint density at radius 2 is 1.83 bits per heavy atom. The highest BCUT2D eigenvalue weighted by Crippen LogP contribution is 2.32. The second kappa shape index (κ2) is 6.97. The van der Waals surface area contributed by atoms with E-state index in [0.29, 0.717) is 0 Å².